The SMILES string of the molecule is O=C(NCCc1ccc(Cl)cc1Cl)C1CCN(C(=O)c2cccc3ccccc23)CC1. The first-order valence-electron chi connectivity index (χ1n) is 10.5. The van der Waals surface area contributed by atoms with Crippen LogP contribution in [0.3, 0.4) is 0 Å². The topological polar surface area (TPSA) is 49.4 Å². The molecule has 0 spiro atoms. The third-order valence-corrected chi connectivity index (χ3v) is 6.47. The number of hydrogen-bond donors (Lipinski definition) is 1. The number of rotatable bonds is 5. The summed E-state index contributed by atoms with van der Waals surface area (Å²) in [6.45, 7) is 1.70. The minimum absolute atomic E-state index is 0.0352. The summed E-state index contributed by atoms with van der Waals surface area (Å²) in [6, 6.07) is 19.1. The zero-order chi connectivity index (χ0) is 21.8. The van der Waals surface area contributed by atoms with E-state index in [2.05, 4.69) is 5.32 Å². The minimum atomic E-state index is -0.0720. The quantitative estimate of drug-likeness (QED) is 0.563. The Kier molecular flexibility index (Phi) is 6.79. The van der Waals surface area contributed by atoms with Gasteiger partial charge >= 0.3 is 0 Å². The third kappa shape index (κ3) is 5.03. The number of piperidine rings is 1. The van der Waals surface area contributed by atoms with Crippen molar-refractivity contribution in [1.29, 1.82) is 0 Å². The van der Waals surface area contributed by atoms with Crippen LogP contribution in [0.25, 0.3) is 10.8 Å². The normalized spacial score (nSPS) is 14.6. The van der Waals surface area contributed by atoms with Crippen molar-refractivity contribution in [3.05, 3.63) is 81.8 Å². The Morgan fingerprint density at radius 2 is 1.71 bits per heavy atom. The molecule has 3 aromatic carbocycles. The maximum absolute atomic E-state index is 13.1. The summed E-state index contributed by atoms with van der Waals surface area (Å²) in [4.78, 5) is 27.5. The van der Waals surface area contributed by atoms with Crippen LogP contribution in [0.5, 0.6) is 0 Å². The molecule has 31 heavy (non-hydrogen) atoms. The Labute approximate surface area is 192 Å². The van der Waals surface area contributed by atoms with Crippen LogP contribution in [0.2, 0.25) is 10.0 Å². The van der Waals surface area contributed by atoms with Gasteiger partial charge in [-0.3, -0.25) is 9.59 Å². The molecule has 1 aliphatic rings. The van der Waals surface area contributed by atoms with E-state index in [1.165, 1.54) is 0 Å². The fraction of sp³-hybridized carbons (Fsp3) is 0.280. The fourth-order valence-corrected chi connectivity index (χ4v) is 4.62. The van der Waals surface area contributed by atoms with Gasteiger partial charge in [0.25, 0.3) is 5.91 Å². The van der Waals surface area contributed by atoms with Crippen molar-refractivity contribution < 1.29 is 9.59 Å². The van der Waals surface area contributed by atoms with Gasteiger partial charge in [-0.05, 0) is 53.8 Å². The molecule has 160 valence electrons. The predicted molar refractivity (Wildman–Crippen MR) is 126 cm³/mol. The number of hydrogen-bond acceptors (Lipinski definition) is 2. The molecule has 0 aliphatic carbocycles. The third-order valence-electron chi connectivity index (χ3n) is 5.88. The van der Waals surface area contributed by atoms with Crippen LogP contribution >= 0.6 is 23.2 Å². The van der Waals surface area contributed by atoms with Gasteiger partial charge in [-0.15, -0.1) is 0 Å². The number of nitrogens with one attached hydrogen (secondary N) is 1. The van der Waals surface area contributed by atoms with Gasteiger partial charge in [0.05, 0.1) is 0 Å². The first kappa shape index (κ1) is 21.7. The van der Waals surface area contributed by atoms with E-state index in [-0.39, 0.29) is 17.7 Å². The number of likely N-dealkylation sites (tertiary alicyclic amines) is 1. The summed E-state index contributed by atoms with van der Waals surface area (Å²) in [5, 5.41) is 6.25. The maximum atomic E-state index is 13.1. The molecular weight excluding hydrogens is 431 g/mol. The van der Waals surface area contributed by atoms with Gasteiger partial charge < -0.3 is 10.2 Å². The van der Waals surface area contributed by atoms with Crippen molar-refractivity contribution >= 4 is 45.8 Å². The molecule has 3 aromatic rings. The van der Waals surface area contributed by atoms with Crippen LogP contribution in [-0.4, -0.2) is 36.3 Å². The largest absolute Gasteiger partial charge is 0.356 e. The Bertz CT molecular complexity index is 1100. The fourth-order valence-electron chi connectivity index (χ4n) is 4.12. The number of benzene rings is 3. The molecule has 1 aliphatic heterocycles. The number of fused-ring (bicyclic) bond motifs is 1. The minimum Gasteiger partial charge on any atom is -0.356 e. The van der Waals surface area contributed by atoms with Crippen LogP contribution < -0.4 is 5.32 Å². The van der Waals surface area contributed by atoms with Gasteiger partial charge in [-0.2, -0.15) is 0 Å². The summed E-state index contributed by atoms with van der Waals surface area (Å²) in [6.07, 6.45) is 1.99. The molecule has 0 aromatic heterocycles. The first-order chi connectivity index (χ1) is 15.0. The molecule has 2 amide bonds. The molecule has 0 atom stereocenters. The summed E-state index contributed by atoms with van der Waals surface area (Å²) < 4.78 is 0. The highest BCUT2D eigenvalue weighted by atomic mass is 35.5. The average Bonchev–Trinajstić information content (AvgIpc) is 2.79. The highest BCUT2D eigenvalue weighted by Gasteiger charge is 2.28. The van der Waals surface area contributed by atoms with Gasteiger partial charge in [0, 0.05) is 41.2 Å². The molecule has 1 fully saturated rings. The van der Waals surface area contributed by atoms with Crippen molar-refractivity contribution in [1.82, 2.24) is 10.2 Å². The van der Waals surface area contributed by atoms with Crippen molar-refractivity contribution in [2.45, 2.75) is 19.3 Å². The molecule has 1 heterocycles. The molecule has 0 radical (unpaired) electrons. The number of halogens is 2. The molecule has 6 heteroatoms. The predicted octanol–water partition coefficient (Wildman–Crippen LogP) is 5.36. The summed E-state index contributed by atoms with van der Waals surface area (Å²) in [5.41, 5.74) is 1.68. The van der Waals surface area contributed by atoms with E-state index in [0.717, 1.165) is 21.9 Å². The summed E-state index contributed by atoms with van der Waals surface area (Å²) in [7, 11) is 0. The van der Waals surface area contributed by atoms with Crippen LogP contribution in [0, 0.1) is 5.92 Å². The van der Waals surface area contributed by atoms with E-state index in [9.17, 15) is 9.59 Å². The van der Waals surface area contributed by atoms with Crippen LogP contribution in [-0.2, 0) is 11.2 Å². The van der Waals surface area contributed by atoms with E-state index >= 15 is 0 Å². The van der Waals surface area contributed by atoms with E-state index < -0.39 is 0 Å². The number of carbonyl (C=O) groups excluding carboxylic acids is 2. The van der Waals surface area contributed by atoms with Gasteiger partial charge in [0.15, 0.2) is 0 Å². The van der Waals surface area contributed by atoms with E-state index in [0.29, 0.717) is 48.9 Å². The second kappa shape index (κ2) is 9.71. The van der Waals surface area contributed by atoms with Crippen molar-refractivity contribution in [3.8, 4) is 0 Å². The lowest BCUT2D eigenvalue weighted by Crippen LogP contribution is -2.43. The number of amides is 2. The second-order valence-corrected chi connectivity index (χ2v) is 8.71. The lowest BCUT2D eigenvalue weighted by Gasteiger charge is -2.31. The van der Waals surface area contributed by atoms with Crippen LogP contribution in [0.15, 0.2) is 60.7 Å². The van der Waals surface area contributed by atoms with E-state index in [1.54, 1.807) is 12.1 Å². The lowest BCUT2D eigenvalue weighted by atomic mass is 9.94. The van der Waals surface area contributed by atoms with Gasteiger partial charge in [0.1, 0.15) is 0 Å². The van der Waals surface area contributed by atoms with Crippen LogP contribution in [0.1, 0.15) is 28.8 Å². The molecule has 4 nitrogen and oxygen atoms in total. The Morgan fingerprint density at radius 1 is 0.968 bits per heavy atom. The molecule has 0 bridgehead atoms. The highest BCUT2D eigenvalue weighted by Crippen LogP contribution is 2.24. The Balaban J connectivity index is 1.30. The molecule has 1 saturated heterocycles. The van der Waals surface area contributed by atoms with Crippen molar-refractivity contribution in [3.63, 3.8) is 0 Å². The number of nitrogens with zero attached hydrogens (tertiary/aromatic N) is 1. The Morgan fingerprint density at radius 3 is 2.48 bits per heavy atom. The van der Waals surface area contributed by atoms with Crippen molar-refractivity contribution in [2.75, 3.05) is 19.6 Å². The molecule has 4 rings (SSSR count). The van der Waals surface area contributed by atoms with Crippen molar-refractivity contribution in [2.24, 2.45) is 5.92 Å². The summed E-state index contributed by atoms with van der Waals surface area (Å²) in [5.74, 6) is 0.00708. The van der Waals surface area contributed by atoms with Crippen LogP contribution in [0.4, 0.5) is 0 Å². The van der Waals surface area contributed by atoms with Gasteiger partial charge in [-0.25, -0.2) is 0 Å². The second-order valence-electron chi connectivity index (χ2n) is 7.87. The Hall–Kier alpha value is -2.56. The van der Waals surface area contributed by atoms with E-state index in [4.69, 9.17) is 23.2 Å². The van der Waals surface area contributed by atoms with E-state index in [1.807, 2.05) is 53.4 Å². The monoisotopic (exact) mass is 454 g/mol. The number of carbonyl (C=O) groups is 2. The zero-order valence-electron chi connectivity index (χ0n) is 17.1. The first-order valence-corrected chi connectivity index (χ1v) is 11.3. The molecular formula is C25H24Cl2N2O2. The zero-order valence-corrected chi connectivity index (χ0v) is 18.6. The van der Waals surface area contributed by atoms with Gasteiger partial charge in [-0.1, -0.05) is 65.7 Å². The maximum Gasteiger partial charge on any atom is 0.254 e. The van der Waals surface area contributed by atoms with Gasteiger partial charge in [0.2, 0.25) is 5.91 Å². The molecule has 0 saturated carbocycles. The summed E-state index contributed by atoms with van der Waals surface area (Å²) >= 11 is 12.1. The highest BCUT2D eigenvalue weighted by molar-refractivity contribution is 6.35. The molecule has 1 N–H and O–H groups in total. The average molecular weight is 455 g/mol. The standard InChI is InChI=1S/C25H24Cl2N2O2/c26-20-9-8-18(23(27)16-20)10-13-28-24(30)19-11-14-29(15-12-19)25(31)22-7-3-5-17-4-1-2-6-21(17)22/h1-9,16,19H,10-15H2,(H,28,30). The lowest BCUT2D eigenvalue weighted by molar-refractivity contribution is -0.126. The smallest absolute Gasteiger partial charge is 0.254 e. The molecule has 0 unspecified atom stereocenters.